The molecule has 0 saturated carbocycles. The minimum absolute atomic E-state index is 0.0479. The molecule has 9 heteroatoms. The number of amides is 1. The van der Waals surface area contributed by atoms with Gasteiger partial charge in [-0.15, -0.1) is 0 Å². The van der Waals surface area contributed by atoms with Crippen LogP contribution in [-0.2, 0) is 9.47 Å². The summed E-state index contributed by atoms with van der Waals surface area (Å²) in [5, 5.41) is 5.98. The molecule has 0 aliphatic heterocycles. The molecule has 0 radical (unpaired) electrons. The zero-order chi connectivity index (χ0) is 21.0. The average molecular weight is 412 g/mol. The van der Waals surface area contributed by atoms with Gasteiger partial charge in [-0.3, -0.25) is 10.1 Å². The lowest BCUT2D eigenvalue weighted by molar-refractivity contribution is 0.0599. The lowest BCUT2D eigenvalue weighted by atomic mass is 10.1. The first-order valence-corrected chi connectivity index (χ1v) is 8.74. The third-order valence-corrected chi connectivity index (χ3v) is 4.11. The van der Waals surface area contributed by atoms with Crippen molar-refractivity contribution >= 4 is 51.8 Å². The molecule has 2 aromatic carbocycles. The van der Waals surface area contributed by atoms with Gasteiger partial charge in [0.1, 0.15) is 5.58 Å². The fourth-order valence-corrected chi connectivity index (χ4v) is 2.80. The number of thiocarbonyl (C=S) groups is 1. The fraction of sp³-hybridized carbons (Fsp3) is 0.100. The summed E-state index contributed by atoms with van der Waals surface area (Å²) in [6.45, 7) is 0. The quantitative estimate of drug-likeness (QED) is 0.497. The second-order valence-corrected chi connectivity index (χ2v) is 6.25. The van der Waals surface area contributed by atoms with E-state index in [0.29, 0.717) is 11.3 Å². The van der Waals surface area contributed by atoms with Crippen LogP contribution in [0.25, 0.3) is 11.0 Å². The normalized spacial score (nSPS) is 10.3. The van der Waals surface area contributed by atoms with Crippen molar-refractivity contribution in [1.82, 2.24) is 5.32 Å². The Bertz CT molecular complexity index is 1050. The number of hydrogen-bond donors (Lipinski definition) is 2. The number of carbonyl (C=O) groups excluding carboxylic acids is 3. The number of ether oxygens (including phenoxy) is 2. The Morgan fingerprint density at radius 1 is 0.931 bits per heavy atom. The van der Waals surface area contributed by atoms with Crippen molar-refractivity contribution in [2.24, 2.45) is 0 Å². The Labute approximate surface area is 170 Å². The molecule has 0 aliphatic rings. The molecule has 3 aromatic rings. The number of carbonyl (C=O) groups is 3. The maximum absolute atomic E-state index is 12.4. The summed E-state index contributed by atoms with van der Waals surface area (Å²) < 4.78 is 14.9. The molecule has 148 valence electrons. The Morgan fingerprint density at radius 3 is 2.14 bits per heavy atom. The van der Waals surface area contributed by atoms with E-state index in [-0.39, 0.29) is 22.0 Å². The van der Waals surface area contributed by atoms with E-state index in [0.717, 1.165) is 5.39 Å². The first-order chi connectivity index (χ1) is 13.9. The van der Waals surface area contributed by atoms with Crippen LogP contribution in [0.4, 0.5) is 5.69 Å². The van der Waals surface area contributed by atoms with Crippen LogP contribution in [-0.4, -0.2) is 37.2 Å². The Hall–Kier alpha value is -3.72. The predicted octanol–water partition coefficient (Wildman–Crippen LogP) is 3.13. The van der Waals surface area contributed by atoms with Crippen molar-refractivity contribution in [2.75, 3.05) is 19.5 Å². The van der Waals surface area contributed by atoms with Gasteiger partial charge in [-0.25, -0.2) is 9.59 Å². The summed E-state index contributed by atoms with van der Waals surface area (Å²) in [4.78, 5) is 36.1. The molecule has 0 bridgehead atoms. The van der Waals surface area contributed by atoms with Gasteiger partial charge in [0, 0.05) is 11.1 Å². The predicted molar refractivity (Wildman–Crippen MR) is 109 cm³/mol. The molecule has 1 amide bonds. The highest BCUT2D eigenvalue weighted by Gasteiger charge is 2.16. The van der Waals surface area contributed by atoms with Gasteiger partial charge >= 0.3 is 11.9 Å². The van der Waals surface area contributed by atoms with Crippen molar-refractivity contribution in [3.8, 4) is 0 Å². The zero-order valence-electron chi connectivity index (χ0n) is 15.5. The number of fused-ring (bicyclic) bond motifs is 1. The first-order valence-electron chi connectivity index (χ1n) is 8.34. The van der Waals surface area contributed by atoms with Gasteiger partial charge in [0.15, 0.2) is 10.9 Å². The van der Waals surface area contributed by atoms with Crippen molar-refractivity contribution < 1.29 is 28.3 Å². The maximum atomic E-state index is 12.4. The topological polar surface area (TPSA) is 107 Å². The van der Waals surface area contributed by atoms with Gasteiger partial charge in [-0.1, -0.05) is 18.2 Å². The first kappa shape index (κ1) is 20.0. The van der Waals surface area contributed by atoms with Crippen LogP contribution >= 0.6 is 12.2 Å². The molecule has 8 nitrogen and oxygen atoms in total. The lowest BCUT2D eigenvalue weighted by Crippen LogP contribution is -2.34. The van der Waals surface area contributed by atoms with Crippen molar-refractivity contribution in [3.05, 3.63) is 65.4 Å². The van der Waals surface area contributed by atoms with Crippen LogP contribution in [0, 0.1) is 0 Å². The van der Waals surface area contributed by atoms with Gasteiger partial charge in [0.25, 0.3) is 5.91 Å². The second-order valence-electron chi connectivity index (χ2n) is 5.84. The van der Waals surface area contributed by atoms with E-state index < -0.39 is 17.8 Å². The van der Waals surface area contributed by atoms with E-state index in [1.54, 1.807) is 18.2 Å². The lowest BCUT2D eigenvalue weighted by Gasteiger charge is -2.11. The molecule has 0 atom stereocenters. The van der Waals surface area contributed by atoms with E-state index in [1.165, 1.54) is 32.4 Å². The SMILES string of the molecule is COC(=O)c1cc(NC(=S)NC(=O)c2cc3ccccc3o2)cc(C(=O)OC)c1. The summed E-state index contributed by atoms with van der Waals surface area (Å²) in [7, 11) is 2.44. The molecule has 0 unspecified atom stereocenters. The van der Waals surface area contributed by atoms with Crippen LogP contribution < -0.4 is 10.6 Å². The Balaban J connectivity index is 1.77. The number of rotatable bonds is 4. The van der Waals surface area contributed by atoms with E-state index in [9.17, 15) is 14.4 Å². The highest BCUT2D eigenvalue weighted by atomic mass is 32.1. The monoisotopic (exact) mass is 412 g/mol. The van der Waals surface area contributed by atoms with Crippen LogP contribution in [0.3, 0.4) is 0 Å². The van der Waals surface area contributed by atoms with Crippen LogP contribution in [0.1, 0.15) is 31.3 Å². The molecule has 0 aliphatic carbocycles. The standard InChI is InChI=1S/C20H16N2O6S/c1-26-18(24)12-7-13(19(25)27-2)9-14(8-12)21-20(29)22-17(23)16-10-11-5-3-4-6-15(11)28-16/h3-10H,1-2H3,(H2,21,22,23,29). The number of hydrogen-bond acceptors (Lipinski definition) is 7. The Morgan fingerprint density at radius 2 is 1.55 bits per heavy atom. The average Bonchev–Trinajstić information content (AvgIpc) is 3.16. The van der Waals surface area contributed by atoms with Gasteiger partial charge in [0.05, 0.1) is 25.3 Å². The van der Waals surface area contributed by atoms with E-state index >= 15 is 0 Å². The number of furan rings is 1. The number of methoxy groups -OCH3 is 2. The summed E-state index contributed by atoms with van der Waals surface area (Å²) in [6.07, 6.45) is 0. The Kier molecular flexibility index (Phi) is 5.89. The van der Waals surface area contributed by atoms with Crippen LogP contribution in [0.5, 0.6) is 0 Å². The van der Waals surface area contributed by atoms with Gasteiger partial charge in [-0.2, -0.15) is 0 Å². The van der Waals surface area contributed by atoms with E-state index in [2.05, 4.69) is 20.1 Å². The molecule has 1 heterocycles. The zero-order valence-corrected chi connectivity index (χ0v) is 16.3. The van der Waals surface area contributed by atoms with E-state index in [1.807, 2.05) is 12.1 Å². The molecule has 3 rings (SSSR count). The number of anilines is 1. The number of esters is 2. The molecular formula is C20H16N2O6S. The van der Waals surface area contributed by atoms with E-state index in [4.69, 9.17) is 16.6 Å². The third kappa shape index (κ3) is 4.58. The van der Waals surface area contributed by atoms with Crippen LogP contribution in [0.15, 0.2) is 52.9 Å². The van der Waals surface area contributed by atoms with Crippen molar-refractivity contribution in [3.63, 3.8) is 0 Å². The summed E-state index contributed by atoms with van der Waals surface area (Å²) in [6, 6.07) is 13.0. The second kappa shape index (κ2) is 8.53. The largest absolute Gasteiger partial charge is 0.465 e. The third-order valence-electron chi connectivity index (χ3n) is 3.91. The maximum Gasteiger partial charge on any atom is 0.337 e. The summed E-state index contributed by atoms with van der Waals surface area (Å²) >= 11 is 5.15. The molecule has 0 spiro atoms. The van der Waals surface area contributed by atoms with Crippen LogP contribution in [0.2, 0.25) is 0 Å². The summed E-state index contributed by atoms with van der Waals surface area (Å²) in [5.74, 6) is -1.74. The number of benzene rings is 2. The van der Waals surface area contributed by atoms with Crippen molar-refractivity contribution in [2.45, 2.75) is 0 Å². The minimum Gasteiger partial charge on any atom is -0.465 e. The number of para-hydroxylation sites is 1. The highest BCUT2D eigenvalue weighted by Crippen LogP contribution is 2.19. The molecule has 0 saturated heterocycles. The number of nitrogens with one attached hydrogen (secondary N) is 2. The molecule has 0 fully saturated rings. The van der Waals surface area contributed by atoms with Gasteiger partial charge in [0.2, 0.25) is 0 Å². The molecule has 29 heavy (non-hydrogen) atoms. The molecular weight excluding hydrogens is 396 g/mol. The van der Waals surface area contributed by atoms with Gasteiger partial charge in [-0.05, 0) is 42.5 Å². The minimum atomic E-state index is -0.643. The highest BCUT2D eigenvalue weighted by molar-refractivity contribution is 7.80. The smallest absolute Gasteiger partial charge is 0.337 e. The fourth-order valence-electron chi connectivity index (χ4n) is 2.59. The van der Waals surface area contributed by atoms with Crippen molar-refractivity contribution in [1.29, 1.82) is 0 Å². The molecule has 1 aromatic heterocycles. The molecule has 2 N–H and O–H groups in total. The summed E-state index contributed by atoms with van der Waals surface area (Å²) in [5.41, 5.74) is 1.10. The van der Waals surface area contributed by atoms with Gasteiger partial charge < -0.3 is 19.2 Å².